The van der Waals surface area contributed by atoms with E-state index in [9.17, 15) is 24.6 Å². The molecular weight excluding hydrogens is 444 g/mol. The zero-order chi connectivity index (χ0) is 23.5. The van der Waals surface area contributed by atoms with E-state index in [1.807, 2.05) is 6.07 Å². The molecule has 3 atom stereocenters. The minimum atomic E-state index is -1.51. The molecule has 2 N–H and O–H groups in total. The molecule has 0 spiro atoms. The van der Waals surface area contributed by atoms with Gasteiger partial charge in [-0.25, -0.2) is 4.79 Å². The molecule has 31 heavy (non-hydrogen) atoms. The summed E-state index contributed by atoms with van der Waals surface area (Å²) in [5.41, 5.74) is -1.77. The molecule has 1 heterocycles. The zero-order valence-electron chi connectivity index (χ0n) is 17.5. The Morgan fingerprint density at radius 3 is 2.32 bits per heavy atom. The Bertz CT molecular complexity index is 946. The highest BCUT2D eigenvalue weighted by molar-refractivity contribution is 8.16. The maximum Gasteiger partial charge on any atom is 0.357 e. The molecule has 1 aliphatic heterocycles. The van der Waals surface area contributed by atoms with E-state index in [4.69, 9.17) is 21.6 Å². The molecule has 0 aliphatic carbocycles. The quantitative estimate of drug-likeness (QED) is 0.206. The second-order valence-corrected chi connectivity index (χ2v) is 9.40. The van der Waals surface area contributed by atoms with Crippen molar-refractivity contribution < 1.29 is 29.3 Å². The number of likely N-dealkylation sites (tertiary alicyclic amines) is 1. The zero-order valence-corrected chi connectivity index (χ0v) is 19.0. The van der Waals surface area contributed by atoms with Gasteiger partial charge >= 0.3 is 5.97 Å². The highest BCUT2D eigenvalue weighted by Gasteiger charge is 2.53. The van der Waals surface area contributed by atoms with Crippen molar-refractivity contribution in [3.05, 3.63) is 40.6 Å². The van der Waals surface area contributed by atoms with Crippen LogP contribution in [0, 0.1) is 22.7 Å². The number of hydrogen-bond donors (Lipinski definition) is 2. The summed E-state index contributed by atoms with van der Waals surface area (Å²) < 4.78 is 5.73. The first-order valence-electron chi connectivity index (χ1n) is 9.37. The number of aliphatic hydroxyl groups excluding tert-OH is 1. The van der Waals surface area contributed by atoms with Gasteiger partial charge in [0.1, 0.15) is 11.3 Å². The second-order valence-electron chi connectivity index (χ2n) is 8.01. The van der Waals surface area contributed by atoms with Gasteiger partial charge in [-0.2, -0.15) is 5.26 Å². The van der Waals surface area contributed by atoms with Gasteiger partial charge in [-0.05, 0) is 36.4 Å². The fraction of sp³-hybridized carbons (Fsp3) is 0.429. The Morgan fingerprint density at radius 1 is 1.32 bits per heavy atom. The number of benzene rings is 1. The number of thioether (sulfide) groups is 1. The third-order valence-corrected chi connectivity index (χ3v) is 6.16. The van der Waals surface area contributed by atoms with Gasteiger partial charge in [0.15, 0.2) is 10.8 Å². The number of carbonyl (C=O) groups is 3. The number of hydrogen-bond acceptors (Lipinski definition) is 7. The van der Waals surface area contributed by atoms with E-state index < -0.39 is 40.5 Å². The van der Waals surface area contributed by atoms with E-state index in [2.05, 4.69) is 0 Å². The Kier molecular flexibility index (Phi) is 7.76. The van der Waals surface area contributed by atoms with Crippen LogP contribution in [0.5, 0.6) is 5.75 Å². The molecule has 1 aromatic carbocycles. The van der Waals surface area contributed by atoms with Gasteiger partial charge in [0.2, 0.25) is 11.0 Å². The number of rotatable bonds is 7. The lowest BCUT2D eigenvalue weighted by molar-refractivity contribution is -0.158. The van der Waals surface area contributed by atoms with Crippen LogP contribution in [0.25, 0.3) is 0 Å². The molecule has 1 fully saturated rings. The van der Waals surface area contributed by atoms with Crippen LogP contribution in [0.2, 0.25) is 0 Å². The molecule has 0 saturated carbocycles. The molecule has 1 amide bonds. The summed E-state index contributed by atoms with van der Waals surface area (Å²) in [5, 5.41) is 27.7. The first-order chi connectivity index (χ1) is 14.4. The van der Waals surface area contributed by atoms with Crippen LogP contribution in [0.4, 0.5) is 0 Å². The number of nitriles is 1. The molecule has 166 valence electrons. The summed E-state index contributed by atoms with van der Waals surface area (Å²) in [6, 6.07) is 8.35. The summed E-state index contributed by atoms with van der Waals surface area (Å²) in [7, 11) is 0. The van der Waals surface area contributed by atoms with E-state index >= 15 is 0 Å². The molecule has 1 saturated heterocycles. The summed E-state index contributed by atoms with van der Waals surface area (Å²) in [6.07, 6.45) is -0.875. The standard InChI is InChI=1S/C21H23ClN2O6S/c1-11(25)14-16(22)24(17(14)26)15(18(27)28)19(31-20(29)21(2,3)4)30-13-7-5-12(6-8-13)9-10-23/h5-8,11,14,16,25H,9H2,1-4H3,(H,27,28)/t11-,14-,16-/m1/s1. The molecule has 0 bridgehead atoms. The summed E-state index contributed by atoms with van der Waals surface area (Å²) in [6.45, 7) is 6.39. The van der Waals surface area contributed by atoms with E-state index in [0.29, 0.717) is 11.8 Å². The number of nitrogens with zero attached hydrogens (tertiary/aromatic N) is 2. The number of carbonyl (C=O) groups excluding carboxylic acids is 2. The molecule has 1 aromatic rings. The molecule has 0 aromatic heterocycles. The molecule has 8 nitrogen and oxygen atoms in total. The third kappa shape index (κ3) is 5.58. The van der Waals surface area contributed by atoms with Crippen molar-refractivity contribution in [2.24, 2.45) is 11.3 Å². The number of aliphatic hydroxyl groups is 1. The maximum absolute atomic E-state index is 12.6. The van der Waals surface area contributed by atoms with E-state index in [1.165, 1.54) is 19.1 Å². The highest BCUT2D eigenvalue weighted by Crippen LogP contribution is 2.40. The molecule has 1 aliphatic rings. The topological polar surface area (TPSA) is 128 Å². The number of halogens is 1. The normalized spacial score (nSPS) is 20.3. The maximum atomic E-state index is 12.6. The number of aliphatic carboxylic acids is 1. The average Bonchev–Trinajstić information content (AvgIpc) is 2.65. The van der Waals surface area contributed by atoms with Crippen molar-refractivity contribution in [2.75, 3.05) is 0 Å². The molecule has 0 unspecified atom stereocenters. The SMILES string of the molecule is C[C@@H](O)[C@H]1C(=O)N(C(C(=O)O)=C(Oc2ccc(CC#N)cc2)SC(=O)C(C)(C)C)[C@H]1Cl. The lowest BCUT2D eigenvalue weighted by atomic mass is 9.92. The van der Waals surface area contributed by atoms with E-state index in [0.717, 1.165) is 10.5 Å². The van der Waals surface area contributed by atoms with Crippen molar-refractivity contribution in [1.29, 1.82) is 5.26 Å². The van der Waals surface area contributed by atoms with E-state index in [1.54, 1.807) is 32.9 Å². The lowest BCUT2D eigenvalue weighted by Crippen LogP contribution is -2.62. The number of ether oxygens (including phenoxy) is 1. The Balaban J connectivity index is 2.50. The monoisotopic (exact) mass is 466 g/mol. The van der Waals surface area contributed by atoms with Crippen LogP contribution in [-0.4, -0.2) is 43.7 Å². The van der Waals surface area contributed by atoms with Gasteiger partial charge in [0, 0.05) is 5.41 Å². The van der Waals surface area contributed by atoms with Crippen LogP contribution >= 0.6 is 23.4 Å². The van der Waals surface area contributed by atoms with Gasteiger partial charge in [0.25, 0.3) is 0 Å². The predicted molar refractivity (Wildman–Crippen MR) is 115 cm³/mol. The van der Waals surface area contributed by atoms with Crippen molar-refractivity contribution in [1.82, 2.24) is 4.90 Å². The molecule has 2 rings (SSSR count). The second kappa shape index (κ2) is 9.73. The summed E-state index contributed by atoms with van der Waals surface area (Å²) in [5.74, 6) is -2.93. The van der Waals surface area contributed by atoms with Crippen molar-refractivity contribution in [3.63, 3.8) is 0 Å². The van der Waals surface area contributed by atoms with Crippen molar-refractivity contribution in [2.45, 2.75) is 45.7 Å². The Hall–Kier alpha value is -2.54. The highest BCUT2D eigenvalue weighted by atomic mass is 35.5. The number of amides is 1. The smallest absolute Gasteiger partial charge is 0.357 e. The predicted octanol–water partition coefficient (Wildman–Crippen LogP) is 3.10. The number of alkyl halides is 1. The minimum Gasteiger partial charge on any atom is -0.476 e. The first-order valence-corrected chi connectivity index (χ1v) is 10.6. The Morgan fingerprint density at radius 2 is 1.90 bits per heavy atom. The van der Waals surface area contributed by atoms with Gasteiger partial charge in [-0.3, -0.25) is 14.5 Å². The van der Waals surface area contributed by atoms with Gasteiger partial charge < -0.3 is 14.9 Å². The fourth-order valence-electron chi connectivity index (χ4n) is 2.67. The molecule has 0 radical (unpaired) electrons. The van der Waals surface area contributed by atoms with Gasteiger partial charge in [0.05, 0.1) is 24.5 Å². The average molecular weight is 467 g/mol. The van der Waals surface area contributed by atoms with Crippen LogP contribution in [0.15, 0.2) is 35.1 Å². The largest absolute Gasteiger partial charge is 0.476 e. The first kappa shape index (κ1) is 24.7. The number of carboxylic acids is 1. The lowest BCUT2D eigenvalue weighted by Gasteiger charge is -2.44. The minimum absolute atomic E-state index is 0.192. The van der Waals surface area contributed by atoms with Gasteiger partial charge in [-0.15, -0.1) is 0 Å². The summed E-state index contributed by atoms with van der Waals surface area (Å²) >= 11 is 6.76. The van der Waals surface area contributed by atoms with Crippen molar-refractivity contribution in [3.8, 4) is 11.8 Å². The molecule has 10 heteroatoms. The fourth-order valence-corrected chi connectivity index (χ4v) is 4.07. The summed E-state index contributed by atoms with van der Waals surface area (Å²) in [4.78, 5) is 38.1. The van der Waals surface area contributed by atoms with Crippen molar-refractivity contribution >= 4 is 40.4 Å². The van der Waals surface area contributed by atoms with Crippen LogP contribution < -0.4 is 4.74 Å². The van der Waals surface area contributed by atoms with E-state index in [-0.39, 0.29) is 22.4 Å². The van der Waals surface area contributed by atoms with Gasteiger partial charge in [-0.1, -0.05) is 44.5 Å². The van der Waals surface area contributed by atoms with Crippen LogP contribution in [0.1, 0.15) is 33.3 Å². The molecular formula is C21H23ClN2O6S. The Labute approximate surface area is 189 Å². The number of carboxylic acid groups (broad SMARTS) is 1. The number of β-lactam (4-membered cyclic amide) rings is 1. The van der Waals surface area contributed by atoms with Crippen LogP contribution in [-0.2, 0) is 20.8 Å². The van der Waals surface area contributed by atoms with Crippen LogP contribution in [0.3, 0.4) is 0 Å². The third-order valence-electron chi connectivity index (χ3n) is 4.44.